The summed E-state index contributed by atoms with van der Waals surface area (Å²) in [7, 11) is 0. The van der Waals surface area contributed by atoms with Gasteiger partial charge in [0.25, 0.3) is 5.91 Å². The maximum atomic E-state index is 13.6. The Kier molecular flexibility index (Phi) is 5.66. The van der Waals surface area contributed by atoms with Gasteiger partial charge >= 0.3 is 0 Å². The van der Waals surface area contributed by atoms with Crippen LogP contribution < -0.4 is 5.32 Å². The fourth-order valence-corrected chi connectivity index (χ4v) is 5.33. The maximum Gasteiger partial charge on any atom is 0.254 e. The van der Waals surface area contributed by atoms with Crippen LogP contribution in [0.4, 0.5) is 5.13 Å². The van der Waals surface area contributed by atoms with E-state index in [0.717, 1.165) is 46.7 Å². The summed E-state index contributed by atoms with van der Waals surface area (Å²) in [6, 6.07) is 22.8. The molecule has 0 spiro atoms. The molecule has 1 fully saturated rings. The number of nitrogens with zero attached hydrogens (tertiary/aromatic N) is 2. The number of likely N-dealkylation sites (tertiary alicyclic amines) is 1. The van der Waals surface area contributed by atoms with Gasteiger partial charge in [0.05, 0.1) is 10.2 Å². The lowest BCUT2D eigenvalue weighted by molar-refractivity contribution is 0.0715. The third-order valence-electron chi connectivity index (χ3n) is 6.31. The van der Waals surface area contributed by atoms with E-state index in [1.165, 1.54) is 15.8 Å². The number of carbonyl (C=O) groups excluding carboxylic acids is 1. The molecular weight excluding hydrogens is 414 g/mol. The number of aryl methyl sites for hydroxylation is 2. The van der Waals surface area contributed by atoms with Gasteiger partial charge in [0.15, 0.2) is 5.13 Å². The largest absolute Gasteiger partial charge is 0.357 e. The Morgan fingerprint density at radius 3 is 2.69 bits per heavy atom. The quantitative estimate of drug-likeness (QED) is 0.404. The fourth-order valence-electron chi connectivity index (χ4n) is 4.39. The van der Waals surface area contributed by atoms with Crippen LogP contribution in [-0.4, -0.2) is 34.9 Å². The van der Waals surface area contributed by atoms with Crippen LogP contribution in [0.1, 0.15) is 34.3 Å². The van der Waals surface area contributed by atoms with E-state index in [0.29, 0.717) is 6.54 Å². The zero-order chi connectivity index (χ0) is 22.1. The molecule has 0 aliphatic carbocycles. The highest BCUT2D eigenvalue weighted by Crippen LogP contribution is 2.29. The Bertz CT molecular complexity index is 1250. The van der Waals surface area contributed by atoms with Crippen LogP contribution in [0.2, 0.25) is 0 Å². The number of aromatic nitrogens is 1. The minimum Gasteiger partial charge on any atom is -0.357 e. The SMILES string of the molecule is Cc1ccc(-c2ccccc2C(=O)N2CCC[C@@H](Nc3nc4ccccc4s3)C2)cc1C. The first-order valence-electron chi connectivity index (χ1n) is 11.2. The summed E-state index contributed by atoms with van der Waals surface area (Å²) in [6.45, 7) is 5.71. The first-order valence-corrected chi connectivity index (χ1v) is 12.0. The van der Waals surface area contributed by atoms with Crippen LogP contribution in [0.3, 0.4) is 0 Å². The number of hydrogen-bond donors (Lipinski definition) is 1. The summed E-state index contributed by atoms with van der Waals surface area (Å²) in [5.41, 5.74) is 6.39. The van der Waals surface area contributed by atoms with Crippen molar-refractivity contribution in [2.24, 2.45) is 0 Å². The summed E-state index contributed by atoms with van der Waals surface area (Å²) in [5.74, 6) is 0.106. The van der Waals surface area contributed by atoms with E-state index in [1.54, 1.807) is 11.3 Å². The number of benzene rings is 3. The van der Waals surface area contributed by atoms with Crippen molar-refractivity contribution in [2.45, 2.75) is 32.7 Å². The van der Waals surface area contributed by atoms with Crippen LogP contribution in [-0.2, 0) is 0 Å². The number of piperidine rings is 1. The molecule has 1 aliphatic rings. The molecule has 0 saturated carbocycles. The summed E-state index contributed by atoms with van der Waals surface area (Å²) in [5, 5.41) is 4.51. The Morgan fingerprint density at radius 1 is 1.03 bits per heavy atom. The lowest BCUT2D eigenvalue weighted by Gasteiger charge is -2.33. The lowest BCUT2D eigenvalue weighted by atomic mass is 9.95. The van der Waals surface area contributed by atoms with E-state index in [-0.39, 0.29) is 11.9 Å². The molecule has 162 valence electrons. The molecule has 5 rings (SSSR count). The number of anilines is 1. The van der Waals surface area contributed by atoms with Gasteiger partial charge in [-0.15, -0.1) is 0 Å². The molecule has 1 atom stereocenters. The molecule has 0 bridgehead atoms. The highest BCUT2D eigenvalue weighted by atomic mass is 32.1. The Labute approximate surface area is 192 Å². The molecule has 1 amide bonds. The Morgan fingerprint density at radius 2 is 1.84 bits per heavy atom. The van der Waals surface area contributed by atoms with Gasteiger partial charge in [0, 0.05) is 24.7 Å². The number of nitrogens with one attached hydrogen (secondary N) is 1. The topological polar surface area (TPSA) is 45.2 Å². The van der Waals surface area contributed by atoms with Crippen molar-refractivity contribution in [3.05, 3.63) is 83.4 Å². The number of fused-ring (bicyclic) bond motifs is 1. The second-order valence-electron chi connectivity index (χ2n) is 8.57. The molecule has 1 N–H and O–H groups in total. The monoisotopic (exact) mass is 441 g/mol. The molecule has 1 aromatic heterocycles. The van der Waals surface area contributed by atoms with E-state index >= 15 is 0 Å². The predicted molar refractivity (Wildman–Crippen MR) is 134 cm³/mol. The molecule has 4 nitrogen and oxygen atoms in total. The van der Waals surface area contributed by atoms with Crippen LogP contribution in [0.5, 0.6) is 0 Å². The van der Waals surface area contributed by atoms with Crippen molar-refractivity contribution in [2.75, 3.05) is 18.4 Å². The number of para-hydroxylation sites is 1. The average molecular weight is 442 g/mol. The smallest absolute Gasteiger partial charge is 0.254 e. The van der Waals surface area contributed by atoms with Crippen LogP contribution >= 0.6 is 11.3 Å². The number of rotatable bonds is 4. The molecule has 4 aromatic rings. The zero-order valence-electron chi connectivity index (χ0n) is 18.5. The van der Waals surface area contributed by atoms with Gasteiger partial charge in [0.1, 0.15) is 0 Å². The molecule has 0 unspecified atom stereocenters. The summed E-state index contributed by atoms with van der Waals surface area (Å²) in [4.78, 5) is 20.3. The molecule has 1 saturated heterocycles. The van der Waals surface area contributed by atoms with Gasteiger partial charge < -0.3 is 10.2 Å². The van der Waals surface area contributed by atoms with Crippen molar-refractivity contribution in [1.82, 2.24) is 9.88 Å². The third-order valence-corrected chi connectivity index (χ3v) is 7.27. The number of carbonyl (C=O) groups is 1. The molecule has 2 heterocycles. The van der Waals surface area contributed by atoms with Gasteiger partial charge in [0.2, 0.25) is 0 Å². The number of hydrogen-bond acceptors (Lipinski definition) is 4. The summed E-state index contributed by atoms with van der Waals surface area (Å²) < 4.78 is 1.18. The van der Waals surface area contributed by atoms with Gasteiger partial charge in [-0.25, -0.2) is 4.98 Å². The highest BCUT2D eigenvalue weighted by Gasteiger charge is 2.26. The van der Waals surface area contributed by atoms with Gasteiger partial charge in [-0.05, 0) is 67.1 Å². The minimum atomic E-state index is 0.106. The summed E-state index contributed by atoms with van der Waals surface area (Å²) in [6.07, 6.45) is 2.03. The number of thiazole rings is 1. The molecule has 1 aliphatic heterocycles. The lowest BCUT2D eigenvalue weighted by Crippen LogP contribution is -2.45. The van der Waals surface area contributed by atoms with Crippen molar-refractivity contribution in [1.29, 1.82) is 0 Å². The maximum absolute atomic E-state index is 13.6. The first-order chi connectivity index (χ1) is 15.6. The molecule has 32 heavy (non-hydrogen) atoms. The van der Waals surface area contributed by atoms with Crippen LogP contribution in [0, 0.1) is 13.8 Å². The van der Waals surface area contributed by atoms with Gasteiger partial charge in [-0.1, -0.05) is 59.9 Å². The molecule has 5 heteroatoms. The first kappa shape index (κ1) is 20.7. The van der Waals surface area contributed by atoms with Crippen molar-refractivity contribution in [3.63, 3.8) is 0 Å². The van der Waals surface area contributed by atoms with Crippen LogP contribution in [0.15, 0.2) is 66.7 Å². The van der Waals surface area contributed by atoms with E-state index in [1.807, 2.05) is 41.3 Å². The van der Waals surface area contributed by atoms with Crippen molar-refractivity contribution >= 4 is 32.6 Å². The molecule has 0 radical (unpaired) electrons. The third kappa shape index (κ3) is 4.13. The average Bonchev–Trinajstić information content (AvgIpc) is 3.23. The highest BCUT2D eigenvalue weighted by molar-refractivity contribution is 7.22. The van der Waals surface area contributed by atoms with Gasteiger partial charge in [-0.2, -0.15) is 0 Å². The van der Waals surface area contributed by atoms with E-state index in [9.17, 15) is 4.79 Å². The molecule has 3 aromatic carbocycles. The predicted octanol–water partition coefficient (Wildman–Crippen LogP) is 6.30. The zero-order valence-corrected chi connectivity index (χ0v) is 19.3. The Hall–Kier alpha value is -3.18. The van der Waals surface area contributed by atoms with Gasteiger partial charge in [-0.3, -0.25) is 4.79 Å². The summed E-state index contributed by atoms with van der Waals surface area (Å²) >= 11 is 1.67. The molecular formula is C27H27N3OS. The van der Waals surface area contributed by atoms with E-state index in [2.05, 4.69) is 49.5 Å². The van der Waals surface area contributed by atoms with Crippen molar-refractivity contribution < 1.29 is 4.79 Å². The minimum absolute atomic E-state index is 0.106. The second-order valence-corrected chi connectivity index (χ2v) is 9.60. The Balaban J connectivity index is 1.36. The number of amides is 1. The second kappa shape index (κ2) is 8.75. The van der Waals surface area contributed by atoms with E-state index in [4.69, 9.17) is 4.98 Å². The standard InChI is InChI=1S/C27H27N3OS/c1-18-13-14-20(16-19(18)2)22-9-3-4-10-23(22)26(31)30-15-7-8-21(17-30)28-27-29-24-11-5-6-12-25(24)32-27/h3-6,9-14,16,21H,7-8,15,17H2,1-2H3,(H,28,29)/t21-/m1/s1. The van der Waals surface area contributed by atoms with Crippen LogP contribution in [0.25, 0.3) is 21.3 Å². The fraction of sp³-hybridized carbons (Fsp3) is 0.259. The van der Waals surface area contributed by atoms with E-state index < -0.39 is 0 Å². The van der Waals surface area contributed by atoms with Crippen molar-refractivity contribution in [3.8, 4) is 11.1 Å². The normalized spacial score (nSPS) is 16.3.